The highest BCUT2D eigenvalue weighted by molar-refractivity contribution is 5.84. The summed E-state index contributed by atoms with van der Waals surface area (Å²) >= 11 is 0. The number of carbonyl (C=O) groups is 1. The Hall–Kier alpha value is -1.22. The van der Waals surface area contributed by atoms with Gasteiger partial charge in [-0.2, -0.15) is 13.2 Å². The predicted octanol–water partition coefficient (Wildman–Crippen LogP) is 1.89. The topological polar surface area (TPSA) is 46.5 Å². The molecule has 0 spiro atoms. The van der Waals surface area contributed by atoms with Crippen LogP contribution in [-0.4, -0.2) is 29.5 Å². The molecule has 0 amide bonds. The van der Waals surface area contributed by atoms with Crippen LogP contribution in [-0.2, 0) is 9.53 Å². The van der Waals surface area contributed by atoms with E-state index in [1.54, 1.807) is 26.7 Å². The minimum absolute atomic E-state index is 0.269. The summed E-state index contributed by atoms with van der Waals surface area (Å²) in [5.41, 5.74) is -4.54. The number of hydrogen-bond donors (Lipinski definition) is 1. The fourth-order valence-electron chi connectivity index (χ4n) is 0.751. The van der Waals surface area contributed by atoms with Gasteiger partial charge in [-0.05, 0) is 33.6 Å². The predicted molar refractivity (Wildman–Crippen MR) is 54.9 cm³/mol. The number of hydrogen-bond acceptors (Lipinski definition) is 3. The lowest BCUT2D eigenvalue weighted by Crippen LogP contribution is -2.52. The summed E-state index contributed by atoms with van der Waals surface area (Å²) in [6.07, 6.45) is -5.20. The first-order valence-electron chi connectivity index (χ1n) is 4.94. The molecule has 0 unspecified atom stereocenters. The first-order valence-corrected chi connectivity index (χ1v) is 4.94. The van der Waals surface area contributed by atoms with Gasteiger partial charge in [-0.25, -0.2) is 4.79 Å². The summed E-state index contributed by atoms with van der Waals surface area (Å²) in [7, 11) is 0. The normalized spacial score (nSPS) is 15.5. The highest BCUT2D eigenvalue weighted by Gasteiger charge is 2.60. The molecule has 0 heterocycles. The molecule has 17 heavy (non-hydrogen) atoms. The Labute approximate surface area is 98.0 Å². The average molecular weight is 252 g/mol. The quantitative estimate of drug-likeness (QED) is 0.603. The van der Waals surface area contributed by atoms with E-state index in [1.165, 1.54) is 6.92 Å². The monoisotopic (exact) mass is 252 g/mol. The van der Waals surface area contributed by atoms with Gasteiger partial charge < -0.3 is 9.84 Å². The zero-order valence-electron chi connectivity index (χ0n) is 10.1. The molecule has 0 aliphatic carbocycles. The second-order valence-corrected chi connectivity index (χ2v) is 4.43. The molecule has 1 atom stereocenters. The molecule has 0 radical (unpaired) electrons. The molecule has 0 saturated heterocycles. The summed E-state index contributed by atoms with van der Waals surface area (Å²) in [5.74, 6) is 1.95. The minimum atomic E-state index is -5.20. The maximum Gasteiger partial charge on any atom is 0.440 e. The lowest BCUT2D eigenvalue weighted by molar-refractivity contribution is -0.242. The van der Waals surface area contributed by atoms with Crippen molar-refractivity contribution in [1.29, 1.82) is 0 Å². The van der Waals surface area contributed by atoms with Gasteiger partial charge in [0.1, 0.15) is 0 Å². The van der Waals surface area contributed by atoms with Gasteiger partial charge in [0.15, 0.2) is 0 Å². The lowest BCUT2D eigenvalue weighted by Gasteiger charge is -2.23. The lowest BCUT2D eigenvalue weighted by atomic mass is 9.95. The van der Waals surface area contributed by atoms with Crippen molar-refractivity contribution in [3.63, 3.8) is 0 Å². The highest BCUT2D eigenvalue weighted by atomic mass is 19.4. The standard InChI is InChI=1S/C11H15F3O3/c1-5-17-8(15)10(16,11(12,13)14)7-6-9(2,3)4/h16H,5H2,1-4H3/t10-/m1/s1. The number of halogens is 3. The largest absolute Gasteiger partial charge is 0.463 e. The molecule has 0 fully saturated rings. The molecular weight excluding hydrogens is 237 g/mol. The van der Waals surface area contributed by atoms with Crippen molar-refractivity contribution in [3.05, 3.63) is 0 Å². The van der Waals surface area contributed by atoms with E-state index in [0.29, 0.717) is 0 Å². The van der Waals surface area contributed by atoms with Crippen LogP contribution in [0, 0.1) is 17.3 Å². The van der Waals surface area contributed by atoms with Crippen molar-refractivity contribution in [3.8, 4) is 11.8 Å². The zero-order valence-corrected chi connectivity index (χ0v) is 10.1. The highest BCUT2D eigenvalue weighted by Crippen LogP contribution is 2.31. The van der Waals surface area contributed by atoms with Crippen LogP contribution in [0.2, 0.25) is 0 Å². The van der Waals surface area contributed by atoms with Crippen LogP contribution in [0.5, 0.6) is 0 Å². The fraction of sp³-hybridized carbons (Fsp3) is 0.727. The van der Waals surface area contributed by atoms with Crippen LogP contribution in [0.4, 0.5) is 13.2 Å². The Kier molecular flexibility index (Phi) is 4.61. The SMILES string of the molecule is CCOC(=O)[C@](O)(C#CC(C)(C)C)C(F)(F)F. The summed E-state index contributed by atoms with van der Waals surface area (Å²) < 4.78 is 42.0. The first-order chi connectivity index (χ1) is 7.44. The maximum absolute atomic E-state index is 12.6. The Balaban J connectivity index is 5.41. The molecule has 6 heteroatoms. The number of aliphatic hydroxyl groups is 1. The van der Waals surface area contributed by atoms with E-state index in [1.807, 2.05) is 0 Å². The van der Waals surface area contributed by atoms with E-state index in [0.717, 1.165) is 0 Å². The van der Waals surface area contributed by atoms with Crippen molar-refractivity contribution in [2.75, 3.05) is 6.61 Å². The second-order valence-electron chi connectivity index (χ2n) is 4.43. The van der Waals surface area contributed by atoms with Crippen LogP contribution in [0.15, 0.2) is 0 Å². The van der Waals surface area contributed by atoms with Gasteiger partial charge in [-0.1, -0.05) is 5.92 Å². The smallest absolute Gasteiger partial charge is 0.440 e. The van der Waals surface area contributed by atoms with Crippen molar-refractivity contribution >= 4 is 5.97 Å². The summed E-state index contributed by atoms with van der Waals surface area (Å²) in [4.78, 5) is 11.1. The van der Waals surface area contributed by atoms with Crippen molar-refractivity contribution < 1.29 is 27.8 Å². The average Bonchev–Trinajstić information content (AvgIpc) is 2.11. The molecule has 0 saturated carbocycles. The number of ether oxygens (including phenoxy) is 1. The number of alkyl halides is 3. The summed E-state index contributed by atoms with van der Waals surface area (Å²) in [6.45, 7) is 5.74. The third kappa shape index (κ3) is 4.27. The molecule has 0 aromatic carbocycles. The number of rotatable bonds is 2. The van der Waals surface area contributed by atoms with Crippen LogP contribution < -0.4 is 0 Å². The third-order valence-corrected chi connectivity index (χ3v) is 1.60. The van der Waals surface area contributed by atoms with Crippen molar-refractivity contribution in [2.24, 2.45) is 5.41 Å². The second kappa shape index (κ2) is 4.96. The molecule has 3 nitrogen and oxygen atoms in total. The molecule has 0 bridgehead atoms. The van der Waals surface area contributed by atoms with Crippen molar-refractivity contribution in [2.45, 2.75) is 39.5 Å². The molecule has 98 valence electrons. The Morgan fingerprint density at radius 2 is 1.71 bits per heavy atom. The Morgan fingerprint density at radius 3 is 2.00 bits per heavy atom. The van der Waals surface area contributed by atoms with Crippen molar-refractivity contribution in [1.82, 2.24) is 0 Å². The van der Waals surface area contributed by atoms with Gasteiger partial charge in [0.2, 0.25) is 0 Å². The molecule has 1 N–H and O–H groups in total. The van der Waals surface area contributed by atoms with Crippen LogP contribution >= 0.6 is 0 Å². The summed E-state index contributed by atoms with van der Waals surface area (Å²) in [6, 6.07) is 0. The van der Waals surface area contributed by atoms with E-state index in [9.17, 15) is 23.1 Å². The van der Waals surface area contributed by atoms with Gasteiger partial charge in [0.05, 0.1) is 6.61 Å². The molecule has 0 rings (SSSR count). The zero-order chi connectivity index (χ0) is 13.9. The van der Waals surface area contributed by atoms with E-state index in [-0.39, 0.29) is 6.61 Å². The van der Waals surface area contributed by atoms with E-state index in [2.05, 4.69) is 10.7 Å². The first kappa shape index (κ1) is 15.8. The Morgan fingerprint density at radius 1 is 1.24 bits per heavy atom. The maximum atomic E-state index is 12.6. The van der Waals surface area contributed by atoms with E-state index in [4.69, 9.17) is 0 Å². The van der Waals surface area contributed by atoms with Gasteiger partial charge in [0, 0.05) is 5.41 Å². The summed E-state index contributed by atoms with van der Waals surface area (Å²) in [5, 5.41) is 9.34. The van der Waals surface area contributed by atoms with Gasteiger partial charge in [-0.15, -0.1) is 0 Å². The fourth-order valence-corrected chi connectivity index (χ4v) is 0.751. The number of carbonyl (C=O) groups excluding carboxylic acids is 1. The van der Waals surface area contributed by atoms with Gasteiger partial charge in [0.25, 0.3) is 0 Å². The molecular formula is C11H15F3O3. The molecule has 0 aromatic heterocycles. The third-order valence-electron chi connectivity index (χ3n) is 1.60. The molecule has 0 aliphatic heterocycles. The van der Waals surface area contributed by atoms with E-state index < -0.39 is 23.2 Å². The van der Waals surface area contributed by atoms with Crippen LogP contribution in [0.25, 0.3) is 0 Å². The van der Waals surface area contributed by atoms with Gasteiger partial charge >= 0.3 is 17.7 Å². The van der Waals surface area contributed by atoms with Crippen LogP contribution in [0.3, 0.4) is 0 Å². The molecule has 0 aliphatic rings. The van der Waals surface area contributed by atoms with Crippen LogP contribution in [0.1, 0.15) is 27.7 Å². The van der Waals surface area contributed by atoms with Gasteiger partial charge in [-0.3, -0.25) is 0 Å². The number of esters is 1. The Bertz CT molecular complexity index is 344. The van der Waals surface area contributed by atoms with E-state index >= 15 is 0 Å². The molecule has 0 aromatic rings. The minimum Gasteiger partial charge on any atom is -0.463 e.